The Labute approximate surface area is 167 Å². The zero-order valence-electron chi connectivity index (χ0n) is 15.9. The van der Waals surface area contributed by atoms with Crippen molar-refractivity contribution in [1.82, 2.24) is 10.2 Å². The summed E-state index contributed by atoms with van der Waals surface area (Å²) in [7, 11) is 0. The van der Waals surface area contributed by atoms with E-state index in [-0.39, 0.29) is 24.5 Å². The molecule has 1 amide bonds. The summed E-state index contributed by atoms with van der Waals surface area (Å²) in [6, 6.07) is 5.32. The summed E-state index contributed by atoms with van der Waals surface area (Å²) in [5.74, 6) is -3.91. The number of phenols is 1. The second-order valence-corrected chi connectivity index (χ2v) is 6.56. The molecule has 1 atom stereocenters. The number of benzene rings is 1. The molecule has 10 nitrogen and oxygen atoms in total. The zero-order chi connectivity index (χ0) is 21.8. The SMILES string of the molecule is O=C(O)CN(CC(=O)O)C(CCCCNC(=O)CCc1ccc(O)cc1)C(=O)O. The van der Waals surface area contributed by atoms with Crippen LogP contribution in [-0.4, -0.2) is 74.8 Å². The Hall–Kier alpha value is -3.14. The fraction of sp³-hybridized carbons (Fsp3) is 0.474. The number of carboxylic acid groups (broad SMARTS) is 3. The number of carbonyl (C=O) groups excluding carboxylic acids is 1. The number of aliphatic carboxylic acids is 3. The average molecular weight is 410 g/mol. The smallest absolute Gasteiger partial charge is 0.320 e. The Balaban J connectivity index is 2.36. The molecule has 0 saturated heterocycles. The van der Waals surface area contributed by atoms with Crippen molar-refractivity contribution in [3.05, 3.63) is 29.8 Å². The van der Waals surface area contributed by atoms with Crippen molar-refractivity contribution in [3.8, 4) is 5.75 Å². The van der Waals surface area contributed by atoms with E-state index in [4.69, 9.17) is 10.2 Å². The van der Waals surface area contributed by atoms with Crippen LogP contribution in [0.5, 0.6) is 5.75 Å². The third kappa shape index (κ3) is 10.1. The number of carboxylic acids is 3. The van der Waals surface area contributed by atoms with Crippen molar-refractivity contribution in [2.24, 2.45) is 0 Å². The van der Waals surface area contributed by atoms with Gasteiger partial charge in [0.1, 0.15) is 11.8 Å². The van der Waals surface area contributed by atoms with E-state index in [1.165, 1.54) is 0 Å². The molecule has 1 unspecified atom stereocenters. The van der Waals surface area contributed by atoms with Crippen LogP contribution in [-0.2, 0) is 25.6 Å². The van der Waals surface area contributed by atoms with Gasteiger partial charge in [-0.15, -0.1) is 0 Å². The van der Waals surface area contributed by atoms with Gasteiger partial charge >= 0.3 is 17.9 Å². The molecular formula is C19H26N2O8. The van der Waals surface area contributed by atoms with E-state index in [1.54, 1.807) is 24.3 Å². The number of aromatic hydroxyl groups is 1. The lowest BCUT2D eigenvalue weighted by Gasteiger charge is -2.25. The summed E-state index contributed by atoms with van der Waals surface area (Å²) in [5.41, 5.74) is 0.916. The first-order valence-electron chi connectivity index (χ1n) is 9.14. The van der Waals surface area contributed by atoms with E-state index < -0.39 is 37.0 Å². The van der Waals surface area contributed by atoms with Crippen molar-refractivity contribution in [3.63, 3.8) is 0 Å². The monoisotopic (exact) mass is 410 g/mol. The minimum atomic E-state index is -1.31. The van der Waals surface area contributed by atoms with Gasteiger partial charge in [-0.05, 0) is 43.4 Å². The summed E-state index contributed by atoms with van der Waals surface area (Å²) < 4.78 is 0. The summed E-state index contributed by atoms with van der Waals surface area (Å²) in [6.45, 7) is -1.03. The second-order valence-electron chi connectivity index (χ2n) is 6.56. The number of unbranched alkanes of at least 4 members (excludes halogenated alkanes) is 1. The van der Waals surface area contributed by atoms with Gasteiger partial charge < -0.3 is 25.7 Å². The largest absolute Gasteiger partial charge is 0.508 e. The van der Waals surface area contributed by atoms with Crippen LogP contribution >= 0.6 is 0 Å². The second kappa shape index (κ2) is 12.3. The number of hydrogen-bond donors (Lipinski definition) is 5. The lowest BCUT2D eigenvalue weighted by atomic mass is 10.1. The summed E-state index contributed by atoms with van der Waals surface area (Å²) in [5, 5.41) is 39.0. The third-order valence-electron chi connectivity index (χ3n) is 4.21. The highest BCUT2D eigenvalue weighted by Crippen LogP contribution is 2.12. The predicted octanol–water partition coefficient (Wildman–Crippen LogP) is 0.536. The Bertz CT molecular complexity index is 689. The molecule has 1 aromatic carbocycles. The molecule has 0 radical (unpaired) electrons. The lowest BCUT2D eigenvalue weighted by molar-refractivity contribution is -0.149. The first-order chi connectivity index (χ1) is 13.7. The Morgan fingerprint density at radius 1 is 0.931 bits per heavy atom. The predicted molar refractivity (Wildman–Crippen MR) is 102 cm³/mol. The zero-order valence-corrected chi connectivity index (χ0v) is 15.9. The minimum Gasteiger partial charge on any atom is -0.508 e. The maximum Gasteiger partial charge on any atom is 0.320 e. The standard InChI is InChI=1S/C19H26N2O8/c22-14-7-4-13(5-8-14)6-9-16(23)20-10-2-1-3-15(19(28)29)21(11-17(24)25)12-18(26)27/h4-5,7-8,15,22H,1-3,6,9-12H2,(H,20,23)(H,24,25)(H,26,27)(H,28,29). The summed E-state index contributed by atoms with van der Waals surface area (Å²) >= 11 is 0. The van der Waals surface area contributed by atoms with Crippen LogP contribution in [0.1, 0.15) is 31.2 Å². The molecule has 0 aliphatic heterocycles. The van der Waals surface area contributed by atoms with Crippen LogP contribution in [0.15, 0.2) is 24.3 Å². The van der Waals surface area contributed by atoms with Crippen LogP contribution in [0.4, 0.5) is 0 Å². The maximum absolute atomic E-state index is 11.8. The van der Waals surface area contributed by atoms with Crippen LogP contribution in [0.25, 0.3) is 0 Å². The van der Waals surface area contributed by atoms with Gasteiger partial charge in [0.15, 0.2) is 0 Å². The Kier molecular flexibility index (Phi) is 10.2. The van der Waals surface area contributed by atoms with Crippen LogP contribution < -0.4 is 5.32 Å². The highest BCUT2D eigenvalue weighted by Gasteiger charge is 2.28. The number of nitrogens with one attached hydrogen (secondary N) is 1. The topological polar surface area (TPSA) is 164 Å². The molecule has 0 heterocycles. The number of hydrogen-bond acceptors (Lipinski definition) is 6. The van der Waals surface area contributed by atoms with E-state index >= 15 is 0 Å². The van der Waals surface area contributed by atoms with Gasteiger partial charge in [0.2, 0.25) is 5.91 Å². The molecule has 0 spiro atoms. The van der Waals surface area contributed by atoms with Crippen molar-refractivity contribution in [2.45, 2.75) is 38.1 Å². The first kappa shape index (κ1) is 23.9. The van der Waals surface area contributed by atoms with E-state index in [9.17, 15) is 29.4 Å². The van der Waals surface area contributed by atoms with Crippen LogP contribution in [0.3, 0.4) is 0 Å². The first-order valence-corrected chi connectivity index (χ1v) is 9.14. The number of amides is 1. The van der Waals surface area contributed by atoms with Crippen molar-refractivity contribution in [1.29, 1.82) is 0 Å². The molecule has 0 bridgehead atoms. The number of rotatable bonds is 14. The van der Waals surface area contributed by atoms with Gasteiger partial charge in [0.25, 0.3) is 0 Å². The molecule has 10 heteroatoms. The normalized spacial score (nSPS) is 11.8. The van der Waals surface area contributed by atoms with Gasteiger partial charge in [0.05, 0.1) is 13.1 Å². The fourth-order valence-corrected chi connectivity index (χ4v) is 2.79. The number of aryl methyl sites for hydroxylation is 1. The summed E-state index contributed by atoms with van der Waals surface area (Å²) in [4.78, 5) is 45.9. The van der Waals surface area contributed by atoms with E-state index in [1.807, 2.05) is 0 Å². The summed E-state index contributed by atoms with van der Waals surface area (Å²) in [6.07, 6.45) is 1.72. The molecule has 0 saturated carbocycles. The van der Waals surface area contributed by atoms with E-state index in [0.29, 0.717) is 25.8 Å². The fourth-order valence-electron chi connectivity index (χ4n) is 2.79. The van der Waals surface area contributed by atoms with E-state index in [2.05, 4.69) is 5.32 Å². The molecule has 0 aliphatic carbocycles. The molecule has 0 aromatic heterocycles. The van der Waals surface area contributed by atoms with Crippen molar-refractivity contribution in [2.75, 3.05) is 19.6 Å². The van der Waals surface area contributed by atoms with E-state index in [0.717, 1.165) is 10.5 Å². The molecule has 5 N–H and O–H groups in total. The third-order valence-corrected chi connectivity index (χ3v) is 4.21. The van der Waals surface area contributed by atoms with Gasteiger partial charge in [0, 0.05) is 13.0 Å². The molecule has 0 aliphatic rings. The number of carbonyl (C=O) groups is 4. The van der Waals surface area contributed by atoms with Gasteiger partial charge in [-0.1, -0.05) is 12.1 Å². The molecule has 1 aromatic rings. The number of phenolic OH excluding ortho intramolecular Hbond substituents is 1. The Morgan fingerprint density at radius 3 is 2.03 bits per heavy atom. The van der Waals surface area contributed by atoms with Crippen molar-refractivity contribution >= 4 is 23.8 Å². The Morgan fingerprint density at radius 2 is 1.52 bits per heavy atom. The molecule has 1 rings (SSSR count). The molecular weight excluding hydrogens is 384 g/mol. The van der Waals surface area contributed by atoms with Gasteiger partial charge in [-0.25, -0.2) is 0 Å². The molecule has 0 fully saturated rings. The van der Waals surface area contributed by atoms with Crippen LogP contribution in [0, 0.1) is 0 Å². The minimum absolute atomic E-state index is 0.0687. The van der Waals surface area contributed by atoms with Crippen LogP contribution in [0.2, 0.25) is 0 Å². The number of nitrogens with zero attached hydrogens (tertiary/aromatic N) is 1. The highest BCUT2D eigenvalue weighted by molar-refractivity contribution is 5.78. The highest BCUT2D eigenvalue weighted by atomic mass is 16.4. The maximum atomic E-state index is 11.8. The van der Waals surface area contributed by atoms with Gasteiger partial charge in [-0.3, -0.25) is 24.1 Å². The average Bonchev–Trinajstić information content (AvgIpc) is 2.62. The quantitative estimate of drug-likeness (QED) is 0.275. The van der Waals surface area contributed by atoms with Crippen molar-refractivity contribution < 1.29 is 39.6 Å². The molecule has 160 valence electrons. The van der Waals surface area contributed by atoms with Gasteiger partial charge in [-0.2, -0.15) is 0 Å². The lowest BCUT2D eigenvalue weighted by Crippen LogP contribution is -2.46. The molecule has 29 heavy (non-hydrogen) atoms.